The van der Waals surface area contributed by atoms with Gasteiger partial charge in [-0.05, 0) is 38.4 Å². The number of carboxylic acid groups (broad SMARTS) is 1. The lowest BCUT2D eigenvalue weighted by molar-refractivity contribution is -0.139. The van der Waals surface area contributed by atoms with Gasteiger partial charge in [0.1, 0.15) is 0 Å². The monoisotopic (exact) mass is 288 g/mol. The molecule has 0 spiro atoms. The standard InChI is InChI=1S/C17H24N2O2/c1-18-14-7-8-15(18)11-19(10-9-14)12-16(17(20)21)13-5-3-2-4-6-13/h2-6,14-16H,7-12H2,1H3,(H,20,21). The number of rotatable bonds is 4. The number of likely N-dealkylation sites (tertiary alicyclic amines) is 1. The van der Waals surface area contributed by atoms with Gasteiger partial charge in [-0.15, -0.1) is 0 Å². The van der Waals surface area contributed by atoms with Crippen LogP contribution in [0, 0.1) is 0 Å². The Morgan fingerprint density at radius 1 is 1.24 bits per heavy atom. The lowest BCUT2D eigenvalue weighted by atomic mass is 9.98. The normalized spacial score (nSPS) is 28.2. The summed E-state index contributed by atoms with van der Waals surface area (Å²) in [7, 11) is 2.22. The SMILES string of the molecule is CN1C2CCC1CN(CC(C(=O)O)c1ccccc1)CC2. The van der Waals surface area contributed by atoms with Crippen molar-refractivity contribution >= 4 is 5.97 Å². The van der Waals surface area contributed by atoms with Gasteiger partial charge in [0, 0.05) is 25.2 Å². The average Bonchev–Trinajstić information content (AvgIpc) is 2.72. The summed E-state index contributed by atoms with van der Waals surface area (Å²) in [6.45, 7) is 2.64. The largest absolute Gasteiger partial charge is 0.481 e. The van der Waals surface area contributed by atoms with E-state index in [0.29, 0.717) is 18.6 Å². The second-order valence-electron chi connectivity index (χ2n) is 6.40. The molecule has 21 heavy (non-hydrogen) atoms. The first-order valence-corrected chi connectivity index (χ1v) is 7.87. The van der Waals surface area contributed by atoms with Crippen LogP contribution < -0.4 is 0 Å². The number of likely N-dealkylation sites (N-methyl/N-ethyl adjacent to an activating group) is 1. The van der Waals surface area contributed by atoms with E-state index in [-0.39, 0.29) is 0 Å². The molecule has 2 aliphatic rings. The molecule has 2 fully saturated rings. The smallest absolute Gasteiger partial charge is 0.312 e. The Hall–Kier alpha value is -1.39. The second-order valence-corrected chi connectivity index (χ2v) is 6.40. The van der Waals surface area contributed by atoms with E-state index < -0.39 is 11.9 Å². The zero-order valence-corrected chi connectivity index (χ0v) is 12.6. The van der Waals surface area contributed by atoms with Crippen LogP contribution in [0.15, 0.2) is 30.3 Å². The number of fused-ring (bicyclic) bond motifs is 2. The van der Waals surface area contributed by atoms with Gasteiger partial charge in [-0.25, -0.2) is 0 Å². The molecule has 1 aromatic rings. The molecular formula is C17H24N2O2. The maximum Gasteiger partial charge on any atom is 0.312 e. The first-order valence-electron chi connectivity index (χ1n) is 7.87. The van der Waals surface area contributed by atoms with E-state index in [1.54, 1.807) is 0 Å². The van der Waals surface area contributed by atoms with E-state index in [2.05, 4.69) is 16.8 Å². The lowest BCUT2D eigenvalue weighted by Gasteiger charge is -2.28. The minimum Gasteiger partial charge on any atom is -0.481 e. The minimum absolute atomic E-state index is 0.423. The van der Waals surface area contributed by atoms with Crippen LogP contribution in [0.2, 0.25) is 0 Å². The molecule has 0 amide bonds. The van der Waals surface area contributed by atoms with Crippen molar-refractivity contribution in [3.63, 3.8) is 0 Å². The first kappa shape index (κ1) is 14.5. The van der Waals surface area contributed by atoms with Gasteiger partial charge in [0.25, 0.3) is 0 Å². The highest BCUT2D eigenvalue weighted by atomic mass is 16.4. The highest BCUT2D eigenvalue weighted by Gasteiger charge is 2.35. The fourth-order valence-corrected chi connectivity index (χ4v) is 3.81. The van der Waals surface area contributed by atoms with E-state index in [0.717, 1.165) is 25.1 Å². The summed E-state index contributed by atoms with van der Waals surface area (Å²) in [6.07, 6.45) is 3.71. The van der Waals surface area contributed by atoms with Gasteiger partial charge in [-0.1, -0.05) is 30.3 Å². The molecule has 0 radical (unpaired) electrons. The maximum absolute atomic E-state index is 11.6. The number of aliphatic carboxylic acids is 1. The van der Waals surface area contributed by atoms with Gasteiger partial charge in [0.15, 0.2) is 0 Å². The molecule has 4 nitrogen and oxygen atoms in total. The van der Waals surface area contributed by atoms with Gasteiger partial charge in [-0.2, -0.15) is 0 Å². The number of nitrogens with zero attached hydrogens (tertiary/aromatic N) is 2. The highest BCUT2D eigenvalue weighted by molar-refractivity contribution is 5.76. The second kappa shape index (κ2) is 6.16. The van der Waals surface area contributed by atoms with Crippen LogP contribution in [0.1, 0.15) is 30.7 Å². The van der Waals surface area contributed by atoms with E-state index in [1.165, 1.54) is 12.8 Å². The molecule has 3 unspecified atom stereocenters. The van der Waals surface area contributed by atoms with Crippen molar-refractivity contribution in [2.45, 2.75) is 37.3 Å². The highest BCUT2D eigenvalue weighted by Crippen LogP contribution is 2.29. The molecule has 0 aromatic heterocycles. The molecule has 2 aliphatic heterocycles. The molecule has 1 N–H and O–H groups in total. The number of hydrogen-bond acceptors (Lipinski definition) is 3. The summed E-state index contributed by atoms with van der Waals surface area (Å²) in [5, 5.41) is 9.57. The van der Waals surface area contributed by atoms with Crippen LogP contribution in [0.3, 0.4) is 0 Å². The number of hydrogen-bond donors (Lipinski definition) is 1. The third-order valence-corrected chi connectivity index (χ3v) is 5.17. The van der Waals surface area contributed by atoms with Gasteiger partial charge in [-0.3, -0.25) is 9.69 Å². The molecular weight excluding hydrogens is 264 g/mol. The summed E-state index contributed by atoms with van der Waals surface area (Å²) >= 11 is 0. The fraction of sp³-hybridized carbons (Fsp3) is 0.588. The average molecular weight is 288 g/mol. The topological polar surface area (TPSA) is 43.8 Å². The van der Waals surface area contributed by atoms with Crippen molar-refractivity contribution in [1.29, 1.82) is 0 Å². The number of carboxylic acids is 1. The molecule has 2 bridgehead atoms. The van der Waals surface area contributed by atoms with Crippen LogP contribution in [0.25, 0.3) is 0 Å². The Kier molecular flexibility index (Phi) is 4.27. The van der Waals surface area contributed by atoms with Gasteiger partial charge >= 0.3 is 5.97 Å². The Balaban J connectivity index is 1.70. The predicted molar refractivity (Wildman–Crippen MR) is 82.4 cm³/mol. The van der Waals surface area contributed by atoms with Crippen LogP contribution in [0.4, 0.5) is 0 Å². The van der Waals surface area contributed by atoms with E-state index >= 15 is 0 Å². The van der Waals surface area contributed by atoms with Crippen molar-refractivity contribution in [2.24, 2.45) is 0 Å². The van der Waals surface area contributed by atoms with Crippen molar-refractivity contribution in [3.05, 3.63) is 35.9 Å². The molecule has 1 aromatic carbocycles. The van der Waals surface area contributed by atoms with Crippen molar-refractivity contribution in [3.8, 4) is 0 Å². The Morgan fingerprint density at radius 3 is 2.67 bits per heavy atom. The zero-order valence-electron chi connectivity index (χ0n) is 12.6. The Morgan fingerprint density at radius 2 is 1.95 bits per heavy atom. The van der Waals surface area contributed by atoms with Gasteiger partial charge < -0.3 is 10.0 Å². The Bertz CT molecular complexity index is 491. The molecule has 114 valence electrons. The first-order chi connectivity index (χ1) is 10.1. The minimum atomic E-state index is -0.719. The summed E-state index contributed by atoms with van der Waals surface area (Å²) in [5.41, 5.74) is 0.910. The zero-order chi connectivity index (χ0) is 14.8. The van der Waals surface area contributed by atoms with Gasteiger partial charge in [0.05, 0.1) is 5.92 Å². The summed E-state index contributed by atoms with van der Waals surface area (Å²) in [6, 6.07) is 10.9. The Labute approximate surface area is 126 Å². The molecule has 3 rings (SSSR count). The fourth-order valence-electron chi connectivity index (χ4n) is 3.81. The van der Waals surface area contributed by atoms with Crippen LogP contribution in [-0.4, -0.2) is 59.6 Å². The molecule has 2 saturated heterocycles. The maximum atomic E-state index is 11.6. The molecule has 3 atom stereocenters. The molecule has 0 saturated carbocycles. The predicted octanol–water partition coefficient (Wildman–Crippen LogP) is 2.02. The van der Waals surface area contributed by atoms with E-state index in [1.807, 2.05) is 30.3 Å². The third kappa shape index (κ3) is 3.11. The van der Waals surface area contributed by atoms with E-state index in [9.17, 15) is 9.90 Å². The van der Waals surface area contributed by atoms with Crippen molar-refractivity contribution in [1.82, 2.24) is 9.80 Å². The molecule has 0 aliphatic carbocycles. The van der Waals surface area contributed by atoms with E-state index in [4.69, 9.17) is 0 Å². The van der Waals surface area contributed by atoms with Gasteiger partial charge in [0.2, 0.25) is 0 Å². The summed E-state index contributed by atoms with van der Waals surface area (Å²) < 4.78 is 0. The lowest BCUT2D eigenvalue weighted by Crippen LogP contribution is -2.39. The third-order valence-electron chi connectivity index (χ3n) is 5.17. The quantitative estimate of drug-likeness (QED) is 0.920. The van der Waals surface area contributed by atoms with Crippen LogP contribution in [0.5, 0.6) is 0 Å². The molecule has 2 heterocycles. The number of benzene rings is 1. The number of carbonyl (C=O) groups is 1. The summed E-state index contributed by atoms with van der Waals surface area (Å²) in [4.78, 5) is 16.5. The van der Waals surface area contributed by atoms with Crippen LogP contribution >= 0.6 is 0 Å². The molecule has 4 heteroatoms. The van der Waals surface area contributed by atoms with Crippen molar-refractivity contribution in [2.75, 3.05) is 26.7 Å². The van der Waals surface area contributed by atoms with Crippen molar-refractivity contribution < 1.29 is 9.90 Å². The van der Waals surface area contributed by atoms with Crippen LogP contribution in [-0.2, 0) is 4.79 Å². The summed E-state index contributed by atoms with van der Waals surface area (Å²) in [5.74, 6) is -1.14.